The topological polar surface area (TPSA) is 35.8 Å². The van der Waals surface area contributed by atoms with Crippen molar-refractivity contribution in [3.05, 3.63) is 29.8 Å². The molecule has 2 heteroatoms. The lowest BCUT2D eigenvalue weighted by molar-refractivity contribution is 0.274. The highest BCUT2D eigenvalue weighted by atomic mass is 14.9. The van der Waals surface area contributed by atoms with E-state index in [-0.39, 0.29) is 6.04 Å². The third-order valence-corrected chi connectivity index (χ3v) is 3.96. The maximum Gasteiger partial charge on any atom is 0.117 e. The predicted molar refractivity (Wildman–Crippen MR) is 75.3 cm³/mol. The molecular formula is C16H22N2. The molecule has 1 fully saturated rings. The molecule has 0 spiro atoms. The van der Waals surface area contributed by atoms with Crippen LogP contribution in [0.3, 0.4) is 0 Å². The summed E-state index contributed by atoms with van der Waals surface area (Å²) in [4.78, 5) is 0. The molecule has 1 aromatic carbocycles. The third kappa shape index (κ3) is 3.26. The average molecular weight is 242 g/mol. The largest absolute Gasteiger partial charge is 0.370 e. The first-order valence-corrected chi connectivity index (χ1v) is 6.92. The molecule has 0 bridgehead atoms. The second-order valence-corrected chi connectivity index (χ2v) is 5.65. The molecule has 3 atom stereocenters. The van der Waals surface area contributed by atoms with Crippen molar-refractivity contribution in [2.24, 2.45) is 11.8 Å². The molecule has 1 aliphatic rings. The zero-order valence-electron chi connectivity index (χ0n) is 11.3. The highest BCUT2D eigenvalue weighted by Gasteiger charge is 2.26. The Labute approximate surface area is 110 Å². The van der Waals surface area contributed by atoms with Crippen LogP contribution in [0.15, 0.2) is 24.3 Å². The van der Waals surface area contributed by atoms with Crippen LogP contribution in [-0.2, 0) is 0 Å². The fraction of sp³-hybridized carbons (Fsp3) is 0.562. The van der Waals surface area contributed by atoms with Crippen molar-refractivity contribution < 1.29 is 0 Å². The second kappa shape index (κ2) is 5.91. The third-order valence-electron chi connectivity index (χ3n) is 3.96. The van der Waals surface area contributed by atoms with E-state index in [1.54, 1.807) is 0 Å². The maximum absolute atomic E-state index is 9.37. The van der Waals surface area contributed by atoms with Crippen LogP contribution in [0.4, 0.5) is 5.69 Å². The van der Waals surface area contributed by atoms with E-state index in [2.05, 4.69) is 49.5 Å². The van der Waals surface area contributed by atoms with Crippen molar-refractivity contribution in [1.82, 2.24) is 0 Å². The van der Waals surface area contributed by atoms with E-state index in [4.69, 9.17) is 0 Å². The van der Waals surface area contributed by atoms with Gasteiger partial charge in [-0.2, -0.15) is 5.26 Å². The van der Waals surface area contributed by atoms with Gasteiger partial charge in [0.05, 0.1) is 6.07 Å². The van der Waals surface area contributed by atoms with Gasteiger partial charge >= 0.3 is 0 Å². The first kappa shape index (κ1) is 13.0. The van der Waals surface area contributed by atoms with Gasteiger partial charge in [0.2, 0.25) is 0 Å². The molecule has 0 heterocycles. The minimum Gasteiger partial charge on any atom is -0.370 e. The van der Waals surface area contributed by atoms with Crippen LogP contribution in [0.5, 0.6) is 0 Å². The molecule has 18 heavy (non-hydrogen) atoms. The molecule has 96 valence electrons. The fourth-order valence-corrected chi connectivity index (χ4v) is 2.87. The average Bonchev–Trinajstić information content (AvgIpc) is 2.38. The van der Waals surface area contributed by atoms with Gasteiger partial charge in [-0.1, -0.05) is 37.5 Å². The number of aryl methyl sites for hydroxylation is 1. The Hall–Kier alpha value is -1.49. The molecule has 2 nitrogen and oxygen atoms in total. The molecule has 0 amide bonds. The Morgan fingerprint density at radius 2 is 2.00 bits per heavy atom. The molecule has 1 saturated carbocycles. The minimum atomic E-state index is -0.0459. The Morgan fingerprint density at radius 1 is 1.28 bits per heavy atom. The summed E-state index contributed by atoms with van der Waals surface area (Å²) >= 11 is 0. The van der Waals surface area contributed by atoms with Crippen LogP contribution in [0, 0.1) is 30.1 Å². The van der Waals surface area contributed by atoms with Crippen LogP contribution >= 0.6 is 0 Å². The SMILES string of the molecule is Cc1ccc(NC(C#N)C2CCCC(C)C2)cc1. The van der Waals surface area contributed by atoms with Crippen LogP contribution in [0.25, 0.3) is 0 Å². The van der Waals surface area contributed by atoms with Gasteiger partial charge in [0.25, 0.3) is 0 Å². The van der Waals surface area contributed by atoms with Crippen molar-refractivity contribution in [2.45, 2.75) is 45.6 Å². The normalized spacial score (nSPS) is 25.2. The molecule has 0 aliphatic heterocycles. The summed E-state index contributed by atoms with van der Waals surface area (Å²) in [6, 6.07) is 10.7. The monoisotopic (exact) mass is 242 g/mol. The first-order chi connectivity index (χ1) is 8.69. The number of hydrogen-bond acceptors (Lipinski definition) is 2. The Morgan fingerprint density at radius 3 is 2.61 bits per heavy atom. The van der Waals surface area contributed by atoms with Crippen molar-refractivity contribution in [2.75, 3.05) is 5.32 Å². The quantitative estimate of drug-likeness (QED) is 0.865. The number of rotatable bonds is 3. The van der Waals surface area contributed by atoms with E-state index in [0.29, 0.717) is 5.92 Å². The molecule has 0 aromatic heterocycles. The minimum absolute atomic E-state index is 0.0459. The van der Waals surface area contributed by atoms with E-state index >= 15 is 0 Å². The predicted octanol–water partition coefficient (Wildman–Crippen LogP) is 4.13. The molecule has 1 N–H and O–H groups in total. The van der Waals surface area contributed by atoms with Crippen molar-refractivity contribution in [3.8, 4) is 6.07 Å². The van der Waals surface area contributed by atoms with Crippen molar-refractivity contribution in [3.63, 3.8) is 0 Å². The Kier molecular flexibility index (Phi) is 4.25. The summed E-state index contributed by atoms with van der Waals surface area (Å²) in [7, 11) is 0. The molecule has 0 saturated heterocycles. The maximum atomic E-state index is 9.37. The van der Waals surface area contributed by atoms with Crippen LogP contribution < -0.4 is 5.32 Å². The van der Waals surface area contributed by atoms with E-state index in [1.807, 2.05) is 0 Å². The van der Waals surface area contributed by atoms with E-state index < -0.39 is 0 Å². The summed E-state index contributed by atoms with van der Waals surface area (Å²) in [5.74, 6) is 1.26. The Balaban J connectivity index is 2.01. The summed E-state index contributed by atoms with van der Waals surface area (Å²) in [6.45, 7) is 4.38. The zero-order valence-corrected chi connectivity index (χ0v) is 11.3. The van der Waals surface area contributed by atoms with E-state index in [1.165, 1.54) is 31.2 Å². The van der Waals surface area contributed by atoms with Gasteiger partial charge in [-0.25, -0.2) is 0 Å². The van der Waals surface area contributed by atoms with Gasteiger partial charge in [-0.3, -0.25) is 0 Å². The number of nitriles is 1. The van der Waals surface area contributed by atoms with Crippen molar-refractivity contribution in [1.29, 1.82) is 5.26 Å². The van der Waals surface area contributed by atoms with Gasteiger partial charge in [0, 0.05) is 5.69 Å². The summed E-state index contributed by atoms with van der Waals surface area (Å²) in [5, 5.41) is 12.8. The van der Waals surface area contributed by atoms with Crippen LogP contribution in [0.2, 0.25) is 0 Å². The van der Waals surface area contributed by atoms with Crippen LogP contribution in [-0.4, -0.2) is 6.04 Å². The molecular weight excluding hydrogens is 220 g/mol. The summed E-state index contributed by atoms with van der Waals surface area (Å²) < 4.78 is 0. The smallest absolute Gasteiger partial charge is 0.117 e. The highest BCUT2D eigenvalue weighted by molar-refractivity contribution is 5.46. The standard InChI is InChI=1S/C16H22N2/c1-12-6-8-15(9-7-12)18-16(11-17)14-5-3-4-13(2)10-14/h6-9,13-14,16,18H,3-5,10H2,1-2H3. The molecule has 0 radical (unpaired) electrons. The fourth-order valence-electron chi connectivity index (χ4n) is 2.87. The highest BCUT2D eigenvalue weighted by Crippen LogP contribution is 2.31. The zero-order chi connectivity index (χ0) is 13.0. The Bertz CT molecular complexity index is 416. The molecule has 2 rings (SSSR count). The van der Waals surface area contributed by atoms with Crippen molar-refractivity contribution >= 4 is 5.69 Å². The van der Waals surface area contributed by atoms with Gasteiger partial charge in [0.1, 0.15) is 6.04 Å². The number of benzene rings is 1. The first-order valence-electron chi connectivity index (χ1n) is 6.92. The number of nitrogens with zero attached hydrogens (tertiary/aromatic N) is 1. The summed E-state index contributed by atoms with van der Waals surface area (Å²) in [5.41, 5.74) is 2.31. The van der Waals surface area contributed by atoms with Crippen LogP contribution in [0.1, 0.15) is 38.2 Å². The number of hydrogen-bond donors (Lipinski definition) is 1. The number of anilines is 1. The molecule has 1 aliphatic carbocycles. The van der Waals surface area contributed by atoms with Gasteiger partial charge in [-0.05, 0) is 43.7 Å². The number of nitrogens with one attached hydrogen (secondary N) is 1. The molecule has 3 unspecified atom stereocenters. The van der Waals surface area contributed by atoms with Gasteiger partial charge in [0.15, 0.2) is 0 Å². The lowest BCUT2D eigenvalue weighted by Gasteiger charge is -2.30. The van der Waals surface area contributed by atoms with Gasteiger partial charge < -0.3 is 5.32 Å². The molecule has 1 aromatic rings. The summed E-state index contributed by atoms with van der Waals surface area (Å²) in [6.07, 6.45) is 4.94. The lowest BCUT2D eigenvalue weighted by atomic mass is 9.79. The lowest BCUT2D eigenvalue weighted by Crippen LogP contribution is -2.31. The van der Waals surface area contributed by atoms with E-state index in [0.717, 1.165) is 11.6 Å². The second-order valence-electron chi connectivity index (χ2n) is 5.65. The van der Waals surface area contributed by atoms with Gasteiger partial charge in [-0.15, -0.1) is 0 Å². The van der Waals surface area contributed by atoms with E-state index in [9.17, 15) is 5.26 Å².